The van der Waals surface area contributed by atoms with Crippen LogP contribution in [0.5, 0.6) is 0 Å². The molecule has 1 amide bonds. The minimum atomic E-state index is -0.194. The maximum atomic E-state index is 11.3. The van der Waals surface area contributed by atoms with Crippen LogP contribution in [-0.4, -0.2) is 33.1 Å². The van der Waals surface area contributed by atoms with Crippen molar-refractivity contribution in [1.29, 1.82) is 5.26 Å². The molecule has 0 unspecified atom stereocenters. The monoisotopic (exact) mass is 232 g/mol. The molecule has 90 valence electrons. The van der Waals surface area contributed by atoms with Gasteiger partial charge in [-0.2, -0.15) is 5.26 Å². The van der Waals surface area contributed by atoms with Crippen molar-refractivity contribution in [1.82, 2.24) is 5.32 Å². The second-order valence-corrected chi connectivity index (χ2v) is 3.70. The molecule has 1 rings (SSSR count). The number of nitriles is 1. The van der Waals surface area contributed by atoms with Gasteiger partial charge in [0.25, 0.3) is 0 Å². The number of carbonyl (C=O) groups is 1. The largest absolute Gasteiger partial charge is 0.376 e. The Morgan fingerprint density at radius 3 is 2.76 bits per heavy atom. The molecule has 0 bridgehead atoms. The zero-order valence-corrected chi connectivity index (χ0v) is 10.0. The molecule has 0 spiro atoms. The highest BCUT2D eigenvalue weighted by Gasteiger charge is 2.05. The Kier molecular flexibility index (Phi) is 4.82. The fourth-order valence-electron chi connectivity index (χ4n) is 1.39. The third kappa shape index (κ3) is 4.03. The third-order valence-electron chi connectivity index (χ3n) is 2.19. The molecule has 0 radical (unpaired) electrons. The second-order valence-electron chi connectivity index (χ2n) is 3.70. The Hall–Kier alpha value is -2.22. The molecule has 0 atom stereocenters. The molecule has 0 aliphatic heterocycles. The van der Waals surface area contributed by atoms with E-state index in [4.69, 9.17) is 5.26 Å². The third-order valence-corrected chi connectivity index (χ3v) is 2.19. The second kappa shape index (κ2) is 6.38. The van der Waals surface area contributed by atoms with E-state index in [1.807, 2.05) is 49.3 Å². The van der Waals surface area contributed by atoms with Crippen LogP contribution in [0.4, 0.5) is 11.4 Å². The first-order valence-corrected chi connectivity index (χ1v) is 5.29. The van der Waals surface area contributed by atoms with Crippen LogP contribution >= 0.6 is 0 Å². The fraction of sp³-hybridized carbons (Fsp3) is 0.333. The van der Waals surface area contributed by atoms with Crippen molar-refractivity contribution in [3.8, 4) is 6.07 Å². The number of amides is 1. The van der Waals surface area contributed by atoms with Crippen molar-refractivity contribution < 1.29 is 4.79 Å². The molecule has 5 nitrogen and oxygen atoms in total. The first kappa shape index (κ1) is 12.8. The number of hydrogen-bond acceptors (Lipinski definition) is 4. The number of nitrogens with one attached hydrogen (secondary N) is 2. The average molecular weight is 232 g/mol. The highest BCUT2D eigenvalue weighted by Crippen LogP contribution is 2.22. The van der Waals surface area contributed by atoms with Crippen molar-refractivity contribution in [2.45, 2.75) is 0 Å². The highest BCUT2D eigenvalue weighted by atomic mass is 16.1. The van der Waals surface area contributed by atoms with Crippen LogP contribution in [-0.2, 0) is 4.79 Å². The van der Waals surface area contributed by atoms with Gasteiger partial charge >= 0.3 is 0 Å². The van der Waals surface area contributed by atoms with Crippen LogP contribution < -0.4 is 15.5 Å². The number of hydrogen-bond donors (Lipinski definition) is 2. The molecule has 0 saturated carbocycles. The van der Waals surface area contributed by atoms with Gasteiger partial charge in [-0.05, 0) is 12.1 Å². The SMILES string of the molecule is CN(C)c1ccccc1NCC(=O)NCC#N. The number of para-hydroxylation sites is 2. The smallest absolute Gasteiger partial charge is 0.240 e. The topological polar surface area (TPSA) is 68.2 Å². The number of anilines is 2. The Morgan fingerprint density at radius 2 is 2.12 bits per heavy atom. The van der Waals surface area contributed by atoms with Crippen LogP contribution in [0.3, 0.4) is 0 Å². The average Bonchev–Trinajstić information content (AvgIpc) is 2.34. The van der Waals surface area contributed by atoms with Gasteiger partial charge in [-0.3, -0.25) is 4.79 Å². The van der Waals surface area contributed by atoms with Gasteiger partial charge in [0.1, 0.15) is 6.54 Å². The summed E-state index contributed by atoms with van der Waals surface area (Å²) >= 11 is 0. The van der Waals surface area contributed by atoms with Gasteiger partial charge in [-0.15, -0.1) is 0 Å². The van der Waals surface area contributed by atoms with E-state index in [2.05, 4.69) is 10.6 Å². The molecule has 0 aliphatic carbocycles. The summed E-state index contributed by atoms with van der Waals surface area (Å²) in [5.74, 6) is -0.194. The molecule has 5 heteroatoms. The summed E-state index contributed by atoms with van der Waals surface area (Å²) < 4.78 is 0. The highest BCUT2D eigenvalue weighted by molar-refractivity contribution is 5.82. The van der Waals surface area contributed by atoms with Gasteiger partial charge in [0.2, 0.25) is 5.91 Å². The van der Waals surface area contributed by atoms with E-state index >= 15 is 0 Å². The van der Waals surface area contributed by atoms with E-state index in [1.54, 1.807) is 0 Å². The molecule has 0 heterocycles. The Morgan fingerprint density at radius 1 is 1.41 bits per heavy atom. The van der Waals surface area contributed by atoms with Crippen LogP contribution in [0.15, 0.2) is 24.3 Å². The molecule has 1 aromatic carbocycles. The number of nitrogens with zero attached hydrogens (tertiary/aromatic N) is 2. The molecule has 1 aromatic rings. The van der Waals surface area contributed by atoms with E-state index in [0.717, 1.165) is 11.4 Å². The van der Waals surface area contributed by atoms with Crippen LogP contribution in [0.25, 0.3) is 0 Å². The molecule has 0 saturated heterocycles. The fourth-order valence-corrected chi connectivity index (χ4v) is 1.39. The molecule has 0 aliphatic rings. The van der Waals surface area contributed by atoms with Crippen molar-refractivity contribution >= 4 is 17.3 Å². The molecular weight excluding hydrogens is 216 g/mol. The molecular formula is C12H16N4O. The number of rotatable bonds is 5. The lowest BCUT2D eigenvalue weighted by molar-refractivity contribution is -0.119. The standard InChI is InChI=1S/C12H16N4O/c1-16(2)11-6-4-3-5-10(11)15-9-12(17)14-8-7-13/h3-6,15H,8-9H2,1-2H3,(H,14,17). The predicted molar refractivity (Wildman–Crippen MR) is 67.9 cm³/mol. The Labute approximate surface area is 101 Å². The first-order valence-electron chi connectivity index (χ1n) is 5.29. The summed E-state index contributed by atoms with van der Waals surface area (Å²) in [6.07, 6.45) is 0. The van der Waals surface area contributed by atoms with Crippen molar-refractivity contribution in [3.63, 3.8) is 0 Å². The zero-order chi connectivity index (χ0) is 12.7. The maximum absolute atomic E-state index is 11.3. The maximum Gasteiger partial charge on any atom is 0.240 e. The molecule has 17 heavy (non-hydrogen) atoms. The predicted octanol–water partition coefficient (Wildman–Crippen LogP) is 0.804. The number of carbonyl (C=O) groups excluding carboxylic acids is 1. The summed E-state index contributed by atoms with van der Waals surface area (Å²) in [6.45, 7) is 0.197. The van der Waals surface area contributed by atoms with Gasteiger partial charge in [-0.25, -0.2) is 0 Å². The van der Waals surface area contributed by atoms with E-state index in [1.165, 1.54) is 0 Å². The van der Waals surface area contributed by atoms with E-state index in [0.29, 0.717) is 0 Å². The van der Waals surface area contributed by atoms with Gasteiger partial charge in [0, 0.05) is 14.1 Å². The lowest BCUT2D eigenvalue weighted by Crippen LogP contribution is -2.30. The summed E-state index contributed by atoms with van der Waals surface area (Å²) in [5, 5.41) is 13.8. The van der Waals surface area contributed by atoms with E-state index in [-0.39, 0.29) is 19.0 Å². The van der Waals surface area contributed by atoms with Gasteiger partial charge < -0.3 is 15.5 Å². The minimum Gasteiger partial charge on any atom is -0.376 e. The van der Waals surface area contributed by atoms with Crippen LogP contribution in [0.1, 0.15) is 0 Å². The summed E-state index contributed by atoms with van der Waals surface area (Å²) in [4.78, 5) is 13.3. The summed E-state index contributed by atoms with van der Waals surface area (Å²) in [5.41, 5.74) is 1.91. The minimum absolute atomic E-state index is 0.0375. The summed E-state index contributed by atoms with van der Waals surface area (Å²) in [7, 11) is 3.88. The summed E-state index contributed by atoms with van der Waals surface area (Å²) in [6, 6.07) is 9.58. The first-order chi connectivity index (χ1) is 8.15. The molecule has 2 N–H and O–H groups in total. The lowest BCUT2D eigenvalue weighted by Gasteiger charge is -2.18. The van der Waals surface area contributed by atoms with Crippen molar-refractivity contribution in [2.75, 3.05) is 37.4 Å². The van der Waals surface area contributed by atoms with Gasteiger partial charge in [0.05, 0.1) is 24.0 Å². The van der Waals surface area contributed by atoms with Crippen molar-refractivity contribution in [3.05, 3.63) is 24.3 Å². The quantitative estimate of drug-likeness (QED) is 0.737. The van der Waals surface area contributed by atoms with E-state index in [9.17, 15) is 4.79 Å². The number of benzene rings is 1. The molecule has 0 aromatic heterocycles. The lowest BCUT2D eigenvalue weighted by atomic mass is 10.2. The zero-order valence-electron chi connectivity index (χ0n) is 10.0. The molecule has 0 fully saturated rings. The van der Waals surface area contributed by atoms with Gasteiger partial charge in [0.15, 0.2) is 0 Å². The van der Waals surface area contributed by atoms with Crippen LogP contribution in [0, 0.1) is 11.3 Å². The Balaban J connectivity index is 2.57. The van der Waals surface area contributed by atoms with Gasteiger partial charge in [-0.1, -0.05) is 12.1 Å². The Bertz CT molecular complexity index is 423. The normalized spacial score (nSPS) is 9.24. The van der Waals surface area contributed by atoms with Crippen molar-refractivity contribution in [2.24, 2.45) is 0 Å². The van der Waals surface area contributed by atoms with Crippen LogP contribution in [0.2, 0.25) is 0 Å². The van der Waals surface area contributed by atoms with E-state index < -0.39 is 0 Å².